The van der Waals surface area contributed by atoms with E-state index in [2.05, 4.69) is 4.72 Å². The molecule has 0 aromatic heterocycles. The molecule has 1 atom stereocenters. The summed E-state index contributed by atoms with van der Waals surface area (Å²) in [5.74, 6) is -1.11. The number of carboxylic acid groups (broad SMARTS) is 1. The second-order valence-electron chi connectivity index (χ2n) is 5.27. The van der Waals surface area contributed by atoms with Crippen molar-refractivity contribution in [1.29, 1.82) is 0 Å². The summed E-state index contributed by atoms with van der Waals surface area (Å²) < 4.78 is 28.2. The van der Waals surface area contributed by atoms with Crippen LogP contribution >= 0.6 is 0 Å². The van der Waals surface area contributed by atoms with Crippen molar-refractivity contribution < 1.29 is 18.3 Å². The minimum Gasteiger partial charge on any atom is -0.480 e. The molecule has 1 aromatic carbocycles. The maximum atomic E-state index is 12.3. The molecule has 1 aliphatic carbocycles. The molecule has 1 unspecified atom stereocenters. The van der Waals surface area contributed by atoms with E-state index >= 15 is 0 Å². The van der Waals surface area contributed by atoms with Gasteiger partial charge in [-0.05, 0) is 24.0 Å². The van der Waals surface area contributed by atoms with Gasteiger partial charge in [-0.1, -0.05) is 24.3 Å². The van der Waals surface area contributed by atoms with Crippen molar-refractivity contribution in [3.8, 4) is 0 Å². The number of nitrogens with zero attached hydrogens (tertiary/aromatic N) is 1. The fourth-order valence-corrected chi connectivity index (χ4v) is 4.04. The molecule has 108 valence electrons. The van der Waals surface area contributed by atoms with Crippen LogP contribution in [-0.2, 0) is 28.0 Å². The number of carboxylic acids is 1. The first-order chi connectivity index (χ1) is 9.47. The zero-order valence-corrected chi connectivity index (χ0v) is 11.6. The van der Waals surface area contributed by atoms with E-state index < -0.39 is 22.2 Å². The first-order valence-corrected chi connectivity index (χ1v) is 8.00. The Bertz CT molecular complexity index is 640. The third-order valence-corrected chi connectivity index (χ3v) is 5.32. The van der Waals surface area contributed by atoms with Gasteiger partial charge in [-0.3, -0.25) is 4.79 Å². The quantitative estimate of drug-likeness (QED) is 0.847. The molecule has 2 N–H and O–H groups in total. The predicted octanol–water partition coefficient (Wildman–Crippen LogP) is 0.495. The molecule has 0 spiro atoms. The molecule has 0 bridgehead atoms. The summed E-state index contributed by atoms with van der Waals surface area (Å²) in [7, 11) is -3.75. The standard InChI is InChI=1S/C13H16N2O4S/c16-13(17)12-7-9-3-1-2-4-10(9)8-15(12)20(18,19)14-11-5-6-11/h1-4,11-12,14H,5-8H2,(H,16,17). The average Bonchev–Trinajstić information content (AvgIpc) is 3.20. The Hall–Kier alpha value is -1.44. The zero-order valence-electron chi connectivity index (χ0n) is 10.8. The van der Waals surface area contributed by atoms with Gasteiger partial charge < -0.3 is 5.11 Å². The third-order valence-electron chi connectivity index (χ3n) is 3.69. The van der Waals surface area contributed by atoms with Crippen LogP contribution in [0.2, 0.25) is 0 Å². The Kier molecular flexibility index (Phi) is 3.27. The minimum absolute atomic E-state index is 0.0355. The largest absolute Gasteiger partial charge is 0.480 e. The van der Waals surface area contributed by atoms with Crippen LogP contribution in [0.5, 0.6) is 0 Å². The Labute approximate surface area is 117 Å². The first kappa shape index (κ1) is 13.5. The van der Waals surface area contributed by atoms with E-state index in [9.17, 15) is 18.3 Å². The van der Waals surface area contributed by atoms with E-state index in [1.807, 2.05) is 24.3 Å². The highest BCUT2D eigenvalue weighted by Gasteiger charge is 2.40. The van der Waals surface area contributed by atoms with E-state index in [1.54, 1.807) is 0 Å². The van der Waals surface area contributed by atoms with E-state index in [-0.39, 0.29) is 19.0 Å². The molecule has 0 saturated heterocycles. The lowest BCUT2D eigenvalue weighted by atomic mass is 9.96. The maximum Gasteiger partial charge on any atom is 0.322 e. The van der Waals surface area contributed by atoms with Gasteiger partial charge in [0, 0.05) is 19.0 Å². The van der Waals surface area contributed by atoms with E-state index in [0.717, 1.165) is 28.3 Å². The van der Waals surface area contributed by atoms with Gasteiger partial charge in [0.1, 0.15) is 6.04 Å². The summed E-state index contributed by atoms with van der Waals surface area (Å²) in [4.78, 5) is 11.4. The summed E-state index contributed by atoms with van der Waals surface area (Å²) in [5, 5.41) is 9.31. The van der Waals surface area contributed by atoms with Crippen LogP contribution in [0.1, 0.15) is 24.0 Å². The van der Waals surface area contributed by atoms with Crippen LogP contribution < -0.4 is 4.72 Å². The second kappa shape index (κ2) is 4.83. The number of fused-ring (bicyclic) bond motifs is 1. The van der Waals surface area contributed by atoms with E-state index in [1.165, 1.54) is 0 Å². The first-order valence-electron chi connectivity index (χ1n) is 6.56. The molecule has 1 saturated carbocycles. The van der Waals surface area contributed by atoms with Gasteiger partial charge in [0.2, 0.25) is 0 Å². The smallest absolute Gasteiger partial charge is 0.322 e. The summed E-state index contributed by atoms with van der Waals surface area (Å²) in [6.45, 7) is 0.106. The van der Waals surface area contributed by atoms with Crippen molar-refractivity contribution in [3.05, 3.63) is 35.4 Å². The monoisotopic (exact) mass is 296 g/mol. The van der Waals surface area contributed by atoms with Crippen LogP contribution in [-0.4, -0.2) is 35.9 Å². The van der Waals surface area contributed by atoms with Gasteiger partial charge >= 0.3 is 5.97 Å². The summed E-state index contributed by atoms with van der Waals surface area (Å²) >= 11 is 0. The lowest BCUT2D eigenvalue weighted by molar-refractivity contribution is -0.141. The van der Waals surface area contributed by atoms with Crippen LogP contribution in [0.25, 0.3) is 0 Å². The third kappa shape index (κ3) is 2.56. The van der Waals surface area contributed by atoms with E-state index in [4.69, 9.17) is 0 Å². The van der Waals surface area contributed by atoms with Crippen molar-refractivity contribution in [1.82, 2.24) is 9.03 Å². The summed E-state index contributed by atoms with van der Waals surface area (Å²) in [6.07, 6.45) is 1.85. The molecule has 20 heavy (non-hydrogen) atoms. The maximum absolute atomic E-state index is 12.3. The van der Waals surface area contributed by atoms with Crippen LogP contribution in [0.15, 0.2) is 24.3 Å². The lowest BCUT2D eigenvalue weighted by Crippen LogP contribution is -2.52. The molecule has 1 heterocycles. The van der Waals surface area contributed by atoms with E-state index in [0.29, 0.717) is 0 Å². The average molecular weight is 296 g/mol. The Morgan fingerprint density at radius 1 is 1.25 bits per heavy atom. The fraction of sp³-hybridized carbons (Fsp3) is 0.462. The molecular formula is C13H16N2O4S. The van der Waals surface area contributed by atoms with Crippen LogP contribution in [0.4, 0.5) is 0 Å². The topological polar surface area (TPSA) is 86.7 Å². The number of hydrogen-bond donors (Lipinski definition) is 2. The number of carbonyl (C=O) groups is 1. The van der Waals surface area contributed by atoms with Gasteiger partial charge in [-0.15, -0.1) is 0 Å². The molecule has 0 radical (unpaired) electrons. The number of aliphatic carboxylic acids is 1. The highest BCUT2D eigenvalue weighted by Crippen LogP contribution is 2.27. The molecule has 6 nitrogen and oxygen atoms in total. The molecular weight excluding hydrogens is 280 g/mol. The van der Waals surface area contributed by atoms with Gasteiger partial charge in [-0.2, -0.15) is 17.4 Å². The molecule has 1 aromatic rings. The van der Waals surface area contributed by atoms with Crippen molar-refractivity contribution >= 4 is 16.2 Å². The summed E-state index contributed by atoms with van der Waals surface area (Å²) in [5.41, 5.74) is 1.77. The predicted molar refractivity (Wildman–Crippen MR) is 72.2 cm³/mol. The molecule has 0 amide bonds. The minimum atomic E-state index is -3.75. The SMILES string of the molecule is O=C(O)C1Cc2ccccc2CN1S(=O)(=O)NC1CC1. The Balaban J connectivity index is 1.93. The number of benzene rings is 1. The summed E-state index contributed by atoms with van der Waals surface area (Å²) in [6, 6.07) is 6.28. The fourth-order valence-electron chi connectivity index (χ4n) is 2.44. The normalized spacial score (nSPS) is 23.3. The Morgan fingerprint density at radius 2 is 1.90 bits per heavy atom. The highest BCUT2D eigenvalue weighted by molar-refractivity contribution is 7.87. The lowest BCUT2D eigenvalue weighted by Gasteiger charge is -2.33. The van der Waals surface area contributed by atoms with Crippen molar-refractivity contribution in [3.63, 3.8) is 0 Å². The van der Waals surface area contributed by atoms with Gasteiger partial charge in [0.25, 0.3) is 10.2 Å². The number of rotatable bonds is 4. The van der Waals surface area contributed by atoms with Gasteiger partial charge in [0.05, 0.1) is 0 Å². The van der Waals surface area contributed by atoms with Crippen molar-refractivity contribution in [2.24, 2.45) is 0 Å². The number of hydrogen-bond acceptors (Lipinski definition) is 3. The van der Waals surface area contributed by atoms with Gasteiger partial charge in [0.15, 0.2) is 0 Å². The van der Waals surface area contributed by atoms with Crippen LogP contribution in [0.3, 0.4) is 0 Å². The molecule has 1 aliphatic heterocycles. The Morgan fingerprint density at radius 3 is 2.50 bits per heavy atom. The second-order valence-corrected chi connectivity index (χ2v) is 6.92. The van der Waals surface area contributed by atoms with Crippen LogP contribution in [0, 0.1) is 0 Å². The van der Waals surface area contributed by atoms with Gasteiger partial charge in [-0.25, -0.2) is 0 Å². The zero-order chi connectivity index (χ0) is 14.3. The number of nitrogens with one attached hydrogen (secondary N) is 1. The molecule has 3 rings (SSSR count). The van der Waals surface area contributed by atoms with Crippen molar-refractivity contribution in [2.45, 2.75) is 37.9 Å². The molecule has 2 aliphatic rings. The van der Waals surface area contributed by atoms with Crippen molar-refractivity contribution in [2.75, 3.05) is 0 Å². The molecule has 1 fully saturated rings. The highest BCUT2D eigenvalue weighted by atomic mass is 32.2. The molecule has 7 heteroatoms.